The highest BCUT2D eigenvalue weighted by molar-refractivity contribution is 9.10. The topological polar surface area (TPSA) is 37.8 Å². The maximum absolute atomic E-state index is 6.13. The number of anilines is 2. The second-order valence-corrected chi connectivity index (χ2v) is 8.38. The Balaban J connectivity index is 1.59. The van der Waals surface area contributed by atoms with Crippen LogP contribution in [0.3, 0.4) is 0 Å². The van der Waals surface area contributed by atoms with E-state index in [1.807, 2.05) is 18.3 Å². The lowest BCUT2D eigenvalue weighted by Crippen LogP contribution is -2.38. The van der Waals surface area contributed by atoms with Crippen LogP contribution in [0.15, 0.2) is 33.3 Å². The number of rotatable bonds is 4. The first-order chi connectivity index (χ1) is 12.6. The Hall–Kier alpha value is -1.15. The average Bonchev–Trinajstić information content (AvgIpc) is 2.63. The molecule has 5 nitrogen and oxygen atoms in total. The van der Waals surface area contributed by atoms with Gasteiger partial charge in [-0.3, -0.25) is 4.90 Å². The Labute approximate surface area is 170 Å². The van der Waals surface area contributed by atoms with Gasteiger partial charge in [0.1, 0.15) is 0 Å². The number of ether oxygens (including phenoxy) is 2. The molecule has 1 aromatic heterocycles. The zero-order chi connectivity index (χ0) is 18.1. The minimum atomic E-state index is 0.786. The lowest BCUT2D eigenvalue weighted by atomic mass is 10.1. The van der Waals surface area contributed by atoms with Crippen LogP contribution in [0.25, 0.3) is 0 Å². The predicted molar refractivity (Wildman–Crippen MR) is 110 cm³/mol. The van der Waals surface area contributed by atoms with E-state index < -0.39 is 0 Å². The molecular weight excluding hydrogens is 462 g/mol. The monoisotopic (exact) mass is 481 g/mol. The smallest absolute Gasteiger partial charge is 0.176 e. The van der Waals surface area contributed by atoms with Crippen molar-refractivity contribution < 1.29 is 9.47 Å². The van der Waals surface area contributed by atoms with Crippen molar-refractivity contribution in [2.45, 2.75) is 13.3 Å². The minimum absolute atomic E-state index is 0.786. The average molecular weight is 483 g/mol. The summed E-state index contributed by atoms with van der Waals surface area (Å²) in [5.74, 6) is 2.53. The summed E-state index contributed by atoms with van der Waals surface area (Å²) in [6.07, 6.45) is 2.89. The molecule has 1 saturated heterocycles. The Morgan fingerprint density at radius 1 is 1.08 bits per heavy atom. The molecule has 1 aromatic carbocycles. The summed E-state index contributed by atoms with van der Waals surface area (Å²) in [5, 5.41) is 0. The summed E-state index contributed by atoms with van der Waals surface area (Å²) >= 11 is 7.10. The molecule has 0 N–H and O–H groups in total. The molecule has 0 saturated carbocycles. The van der Waals surface area contributed by atoms with Crippen LogP contribution in [-0.2, 0) is 4.74 Å². The summed E-state index contributed by atoms with van der Waals surface area (Å²) in [4.78, 5) is 9.37. The number of halogens is 2. The zero-order valence-electron chi connectivity index (χ0n) is 14.7. The summed E-state index contributed by atoms with van der Waals surface area (Å²) in [6, 6.07) is 6.19. The van der Waals surface area contributed by atoms with Gasteiger partial charge in [-0.2, -0.15) is 0 Å². The van der Waals surface area contributed by atoms with E-state index in [9.17, 15) is 0 Å². The van der Waals surface area contributed by atoms with Gasteiger partial charge in [0.15, 0.2) is 17.3 Å². The fourth-order valence-electron chi connectivity index (χ4n) is 3.37. The first-order valence-electron chi connectivity index (χ1n) is 8.83. The lowest BCUT2D eigenvalue weighted by Gasteiger charge is -2.33. The van der Waals surface area contributed by atoms with Crippen LogP contribution in [0.5, 0.6) is 11.5 Å². The molecule has 3 heterocycles. The Kier molecular flexibility index (Phi) is 5.50. The highest BCUT2D eigenvalue weighted by atomic mass is 79.9. The molecule has 1 fully saturated rings. The van der Waals surface area contributed by atoms with E-state index in [-0.39, 0.29) is 0 Å². The number of nitrogens with zero attached hydrogens (tertiary/aromatic N) is 3. The second kappa shape index (κ2) is 7.84. The third-order valence-electron chi connectivity index (χ3n) is 4.77. The first-order valence-corrected chi connectivity index (χ1v) is 10.4. The molecule has 2 aliphatic rings. The number of aryl methyl sites for hydroxylation is 1. The molecule has 2 aliphatic heterocycles. The van der Waals surface area contributed by atoms with E-state index in [2.05, 4.69) is 59.6 Å². The van der Waals surface area contributed by atoms with Gasteiger partial charge < -0.3 is 14.4 Å². The van der Waals surface area contributed by atoms with Crippen LogP contribution in [0.4, 0.5) is 11.5 Å². The summed E-state index contributed by atoms with van der Waals surface area (Å²) in [6.45, 7) is 7.79. The summed E-state index contributed by atoms with van der Waals surface area (Å²) in [7, 11) is 0. The number of pyridine rings is 1. The fraction of sp³-hybridized carbons (Fsp3) is 0.421. The number of hydrogen-bond donors (Lipinski definition) is 0. The Bertz CT molecular complexity index is 810. The summed E-state index contributed by atoms with van der Waals surface area (Å²) < 4.78 is 13.5. The Morgan fingerprint density at radius 2 is 1.88 bits per heavy atom. The molecular formula is C19H21Br2N3O2. The van der Waals surface area contributed by atoms with E-state index >= 15 is 0 Å². The van der Waals surface area contributed by atoms with Crippen LogP contribution in [0.1, 0.15) is 12.0 Å². The van der Waals surface area contributed by atoms with Gasteiger partial charge in [0.25, 0.3) is 0 Å². The number of benzene rings is 1. The number of fused-ring (bicyclic) bond motifs is 2. The predicted octanol–water partition coefficient (Wildman–Crippen LogP) is 4.88. The molecule has 7 heteroatoms. The second-order valence-electron chi connectivity index (χ2n) is 6.61. The number of aromatic nitrogens is 1. The molecule has 26 heavy (non-hydrogen) atoms. The molecule has 0 bridgehead atoms. The molecule has 0 aliphatic carbocycles. The molecule has 2 aromatic rings. The van der Waals surface area contributed by atoms with Crippen molar-refractivity contribution >= 4 is 43.4 Å². The maximum atomic E-state index is 6.13. The lowest BCUT2D eigenvalue weighted by molar-refractivity contribution is 0.0377. The van der Waals surface area contributed by atoms with Crippen LogP contribution in [0, 0.1) is 6.92 Å². The van der Waals surface area contributed by atoms with Gasteiger partial charge in [0, 0.05) is 47.4 Å². The van der Waals surface area contributed by atoms with Gasteiger partial charge in [0.2, 0.25) is 0 Å². The summed E-state index contributed by atoms with van der Waals surface area (Å²) in [5.41, 5.74) is 2.26. The van der Waals surface area contributed by atoms with Gasteiger partial charge in [-0.05, 0) is 47.0 Å². The van der Waals surface area contributed by atoms with Crippen LogP contribution >= 0.6 is 31.9 Å². The highest BCUT2D eigenvalue weighted by Crippen LogP contribution is 2.47. The Morgan fingerprint density at radius 3 is 2.69 bits per heavy atom. The van der Waals surface area contributed by atoms with E-state index in [1.165, 1.54) is 5.56 Å². The van der Waals surface area contributed by atoms with Crippen LogP contribution < -0.4 is 9.64 Å². The third kappa shape index (κ3) is 3.76. The van der Waals surface area contributed by atoms with Gasteiger partial charge in [-0.1, -0.05) is 15.9 Å². The van der Waals surface area contributed by atoms with E-state index in [0.29, 0.717) is 0 Å². The molecule has 0 radical (unpaired) electrons. The van der Waals surface area contributed by atoms with Crippen LogP contribution in [-0.4, -0.2) is 49.3 Å². The highest BCUT2D eigenvalue weighted by Gasteiger charge is 2.27. The number of hydrogen-bond acceptors (Lipinski definition) is 5. The third-order valence-corrected chi connectivity index (χ3v) is 6.05. The normalized spacial score (nSPS) is 16.8. The van der Waals surface area contributed by atoms with Gasteiger partial charge in [-0.15, -0.1) is 0 Å². The van der Waals surface area contributed by atoms with Crippen molar-refractivity contribution in [2.75, 3.05) is 44.3 Å². The fourth-order valence-corrected chi connectivity index (χ4v) is 4.00. The van der Waals surface area contributed by atoms with Crippen molar-refractivity contribution in [3.05, 3.63) is 38.9 Å². The van der Waals surface area contributed by atoms with Gasteiger partial charge in [-0.25, -0.2) is 4.98 Å². The van der Waals surface area contributed by atoms with Gasteiger partial charge in [0.05, 0.1) is 18.9 Å². The maximum Gasteiger partial charge on any atom is 0.176 e. The largest absolute Gasteiger partial charge is 0.451 e. The van der Waals surface area contributed by atoms with Crippen molar-refractivity contribution in [1.29, 1.82) is 0 Å². The quantitative estimate of drug-likeness (QED) is 0.620. The number of morpholine rings is 1. The first kappa shape index (κ1) is 18.2. The van der Waals surface area contributed by atoms with Gasteiger partial charge >= 0.3 is 0 Å². The van der Waals surface area contributed by atoms with Crippen molar-refractivity contribution in [3.63, 3.8) is 0 Å². The van der Waals surface area contributed by atoms with E-state index in [0.717, 1.165) is 77.8 Å². The molecule has 138 valence electrons. The zero-order valence-corrected chi connectivity index (χ0v) is 17.8. The van der Waals surface area contributed by atoms with Crippen LogP contribution in [0.2, 0.25) is 0 Å². The standard InChI is InChI=1S/C19H21Br2N3O2/c1-13-9-16-17(11-15(13)21)26-18-10-14(20)12-22-19(18)24(16)4-2-3-23-5-7-25-8-6-23/h9-12H,2-8H2,1H3. The molecule has 4 rings (SSSR count). The van der Waals surface area contributed by atoms with Crippen molar-refractivity contribution in [2.24, 2.45) is 0 Å². The van der Waals surface area contributed by atoms with Crippen molar-refractivity contribution in [3.8, 4) is 11.5 Å². The molecule has 0 amide bonds. The molecule has 0 spiro atoms. The molecule has 0 atom stereocenters. The minimum Gasteiger partial charge on any atom is -0.451 e. The molecule has 0 unspecified atom stereocenters. The SMILES string of the molecule is Cc1cc2c(cc1Br)Oc1cc(Br)cnc1N2CCCN1CCOCC1. The van der Waals surface area contributed by atoms with Crippen molar-refractivity contribution in [1.82, 2.24) is 9.88 Å². The van der Waals surface area contributed by atoms with E-state index in [4.69, 9.17) is 9.47 Å². The van der Waals surface area contributed by atoms with E-state index in [1.54, 1.807) is 0 Å².